The summed E-state index contributed by atoms with van der Waals surface area (Å²) in [5.74, 6) is 0.648. The molecule has 0 aliphatic rings. The van der Waals surface area contributed by atoms with Crippen molar-refractivity contribution in [3.05, 3.63) is 0 Å². The van der Waals surface area contributed by atoms with E-state index in [1.165, 1.54) is 6.42 Å². The van der Waals surface area contributed by atoms with Gasteiger partial charge in [-0.25, -0.2) is 0 Å². The molecule has 0 radical (unpaired) electrons. The smallest absolute Gasteiger partial charge is 0.0500 e. The molecular formula is C11H27NO. The van der Waals surface area contributed by atoms with Gasteiger partial charge in [-0.05, 0) is 19.5 Å². The standard InChI is InChI=1S/C8H19NO.C3H8/c1-5-9(3)6-8(2)7-10-4;1-3-2/h8H,5-7H2,1-4H3;3H2,1-2H3. The van der Waals surface area contributed by atoms with Crippen LogP contribution in [0.5, 0.6) is 0 Å². The van der Waals surface area contributed by atoms with E-state index in [4.69, 9.17) is 4.74 Å². The van der Waals surface area contributed by atoms with E-state index in [9.17, 15) is 0 Å². The van der Waals surface area contributed by atoms with Crippen molar-refractivity contribution < 1.29 is 4.74 Å². The van der Waals surface area contributed by atoms with Gasteiger partial charge in [-0.1, -0.05) is 34.1 Å². The van der Waals surface area contributed by atoms with Crippen LogP contribution < -0.4 is 0 Å². The molecule has 0 saturated heterocycles. The summed E-state index contributed by atoms with van der Waals surface area (Å²) in [5, 5.41) is 0. The van der Waals surface area contributed by atoms with Gasteiger partial charge in [0.1, 0.15) is 0 Å². The van der Waals surface area contributed by atoms with Crippen molar-refractivity contribution in [2.24, 2.45) is 5.92 Å². The SMILES string of the molecule is CCC.CCN(C)CC(C)COC. The number of methoxy groups -OCH3 is 1. The lowest BCUT2D eigenvalue weighted by molar-refractivity contribution is 0.139. The zero-order chi connectivity index (χ0) is 10.7. The van der Waals surface area contributed by atoms with Gasteiger partial charge >= 0.3 is 0 Å². The zero-order valence-corrected chi connectivity index (χ0v) is 10.3. The Bertz CT molecular complexity index is 86.2. The van der Waals surface area contributed by atoms with Gasteiger partial charge in [0, 0.05) is 20.3 Å². The van der Waals surface area contributed by atoms with Gasteiger partial charge in [0.15, 0.2) is 0 Å². The van der Waals surface area contributed by atoms with Crippen molar-refractivity contribution in [3.8, 4) is 0 Å². The summed E-state index contributed by atoms with van der Waals surface area (Å²) in [7, 11) is 3.88. The quantitative estimate of drug-likeness (QED) is 0.659. The largest absolute Gasteiger partial charge is 0.384 e. The molecule has 82 valence electrons. The van der Waals surface area contributed by atoms with Crippen molar-refractivity contribution in [1.82, 2.24) is 4.90 Å². The Morgan fingerprint density at radius 2 is 1.69 bits per heavy atom. The number of nitrogens with zero attached hydrogens (tertiary/aromatic N) is 1. The maximum absolute atomic E-state index is 5.02. The maximum Gasteiger partial charge on any atom is 0.0500 e. The van der Waals surface area contributed by atoms with Crippen molar-refractivity contribution in [2.45, 2.75) is 34.1 Å². The lowest BCUT2D eigenvalue weighted by Crippen LogP contribution is -2.26. The fourth-order valence-electron chi connectivity index (χ4n) is 0.998. The second-order valence-electron chi connectivity index (χ2n) is 3.62. The van der Waals surface area contributed by atoms with E-state index in [1.54, 1.807) is 7.11 Å². The lowest BCUT2D eigenvalue weighted by Gasteiger charge is -2.18. The first kappa shape index (κ1) is 15.4. The third kappa shape index (κ3) is 14.7. The van der Waals surface area contributed by atoms with E-state index in [1.807, 2.05) is 0 Å². The highest BCUT2D eigenvalue weighted by molar-refractivity contribution is 4.55. The van der Waals surface area contributed by atoms with Gasteiger partial charge in [0.05, 0.1) is 0 Å². The summed E-state index contributed by atoms with van der Waals surface area (Å²) < 4.78 is 5.02. The van der Waals surface area contributed by atoms with Gasteiger partial charge in [-0.3, -0.25) is 0 Å². The average Bonchev–Trinajstić information content (AvgIpc) is 2.06. The Balaban J connectivity index is 0. The zero-order valence-electron chi connectivity index (χ0n) is 10.3. The predicted octanol–water partition coefficient (Wildman–Crippen LogP) is 2.64. The lowest BCUT2D eigenvalue weighted by atomic mass is 10.2. The van der Waals surface area contributed by atoms with Crippen LogP contribution in [0.3, 0.4) is 0 Å². The van der Waals surface area contributed by atoms with Crippen LogP contribution in [-0.2, 0) is 4.74 Å². The van der Waals surface area contributed by atoms with Gasteiger partial charge < -0.3 is 9.64 Å². The summed E-state index contributed by atoms with van der Waals surface area (Å²) in [6.45, 7) is 11.7. The monoisotopic (exact) mass is 189 g/mol. The molecule has 0 saturated carbocycles. The fourth-order valence-corrected chi connectivity index (χ4v) is 0.998. The molecule has 13 heavy (non-hydrogen) atoms. The van der Waals surface area contributed by atoms with Crippen molar-refractivity contribution in [2.75, 3.05) is 33.9 Å². The first-order valence-corrected chi connectivity index (χ1v) is 5.29. The molecule has 0 N–H and O–H groups in total. The number of ether oxygens (including phenoxy) is 1. The minimum atomic E-state index is 0.648. The van der Waals surface area contributed by atoms with Crippen LogP contribution in [0.2, 0.25) is 0 Å². The Morgan fingerprint density at radius 1 is 1.23 bits per heavy atom. The second-order valence-corrected chi connectivity index (χ2v) is 3.62. The first-order chi connectivity index (χ1) is 6.12. The van der Waals surface area contributed by atoms with Gasteiger partial charge in [0.25, 0.3) is 0 Å². The molecule has 1 unspecified atom stereocenters. The van der Waals surface area contributed by atoms with Crippen LogP contribution in [0, 0.1) is 5.92 Å². The highest BCUT2D eigenvalue weighted by atomic mass is 16.5. The Labute approximate surface area is 84.3 Å². The molecule has 1 atom stereocenters. The second kappa shape index (κ2) is 11.9. The Kier molecular flexibility index (Phi) is 14.1. The molecular weight excluding hydrogens is 162 g/mol. The first-order valence-electron chi connectivity index (χ1n) is 5.29. The molecule has 0 bridgehead atoms. The molecule has 2 heteroatoms. The predicted molar refractivity (Wildman–Crippen MR) is 60.2 cm³/mol. The van der Waals surface area contributed by atoms with Crippen molar-refractivity contribution in [1.29, 1.82) is 0 Å². The summed E-state index contributed by atoms with van der Waals surface area (Å²) in [6.07, 6.45) is 1.25. The molecule has 2 nitrogen and oxygen atoms in total. The third-order valence-corrected chi connectivity index (χ3v) is 1.61. The molecule has 0 rings (SSSR count). The number of hydrogen-bond acceptors (Lipinski definition) is 2. The van der Waals surface area contributed by atoms with Crippen LogP contribution in [-0.4, -0.2) is 38.8 Å². The molecule has 0 aromatic rings. The highest BCUT2D eigenvalue weighted by Crippen LogP contribution is 1.97. The molecule has 0 aromatic carbocycles. The highest BCUT2D eigenvalue weighted by Gasteiger charge is 2.02. The molecule has 0 amide bonds. The van der Waals surface area contributed by atoms with Crippen LogP contribution in [0.4, 0.5) is 0 Å². The van der Waals surface area contributed by atoms with E-state index in [-0.39, 0.29) is 0 Å². The molecule has 0 spiro atoms. The molecule has 0 heterocycles. The molecule has 0 aromatic heterocycles. The van der Waals surface area contributed by atoms with Crippen molar-refractivity contribution in [3.63, 3.8) is 0 Å². The molecule has 0 aliphatic heterocycles. The van der Waals surface area contributed by atoms with Crippen molar-refractivity contribution >= 4 is 0 Å². The minimum absolute atomic E-state index is 0.648. The summed E-state index contributed by atoms with van der Waals surface area (Å²) in [6, 6.07) is 0. The van der Waals surface area contributed by atoms with E-state index in [0.29, 0.717) is 5.92 Å². The summed E-state index contributed by atoms with van der Waals surface area (Å²) in [4.78, 5) is 2.30. The summed E-state index contributed by atoms with van der Waals surface area (Å²) in [5.41, 5.74) is 0. The Morgan fingerprint density at radius 3 is 2.00 bits per heavy atom. The van der Waals surface area contributed by atoms with Gasteiger partial charge in [0.2, 0.25) is 0 Å². The van der Waals surface area contributed by atoms with Crippen LogP contribution >= 0.6 is 0 Å². The van der Waals surface area contributed by atoms with Gasteiger partial charge in [-0.2, -0.15) is 0 Å². The van der Waals surface area contributed by atoms with E-state index in [2.05, 4.69) is 39.6 Å². The minimum Gasteiger partial charge on any atom is -0.384 e. The molecule has 0 fully saturated rings. The van der Waals surface area contributed by atoms with E-state index >= 15 is 0 Å². The third-order valence-electron chi connectivity index (χ3n) is 1.61. The maximum atomic E-state index is 5.02. The Hall–Kier alpha value is -0.0800. The van der Waals surface area contributed by atoms with Crippen LogP contribution in [0.25, 0.3) is 0 Å². The number of rotatable bonds is 5. The fraction of sp³-hybridized carbons (Fsp3) is 1.00. The number of hydrogen-bond donors (Lipinski definition) is 0. The average molecular weight is 189 g/mol. The molecule has 0 aliphatic carbocycles. The van der Waals surface area contributed by atoms with E-state index < -0.39 is 0 Å². The normalized spacial score (nSPS) is 12.2. The van der Waals surface area contributed by atoms with Crippen LogP contribution in [0.1, 0.15) is 34.1 Å². The topological polar surface area (TPSA) is 12.5 Å². The summed E-state index contributed by atoms with van der Waals surface area (Å²) >= 11 is 0. The van der Waals surface area contributed by atoms with Crippen LogP contribution in [0.15, 0.2) is 0 Å². The van der Waals surface area contributed by atoms with E-state index in [0.717, 1.165) is 19.7 Å². The van der Waals surface area contributed by atoms with Gasteiger partial charge in [-0.15, -0.1) is 0 Å².